The molecule has 1 saturated heterocycles. The Hall–Kier alpha value is -3.35. The summed E-state index contributed by atoms with van der Waals surface area (Å²) >= 11 is 0. The van der Waals surface area contributed by atoms with Crippen LogP contribution in [0.1, 0.15) is 17.5 Å². The van der Waals surface area contributed by atoms with Crippen LogP contribution in [0.25, 0.3) is 0 Å². The molecule has 1 N–H and O–H groups in total. The van der Waals surface area contributed by atoms with E-state index in [1.807, 2.05) is 32.0 Å². The zero-order valence-electron chi connectivity index (χ0n) is 16.7. The summed E-state index contributed by atoms with van der Waals surface area (Å²) in [6, 6.07) is 12.6. The molecule has 3 rings (SSSR count). The molecule has 0 radical (unpaired) electrons. The van der Waals surface area contributed by atoms with E-state index in [1.165, 1.54) is 0 Å². The van der Waals surface area contributed by atoms with Crippen LogP contribution in [0.2, 0.25) is 0 Å². The Morgan fingerprint density at radius 1 is 1.10 bits per heavy atom. The molecule has 0 bridgehead atoms. The van der Waals surface area contributed by atoms with Crippen LogP contribution in [0, 0.1) is 19.8 Å². The lowest BCUT2D eigenvalue weighted by Crippen LogP contribution is -2.28. The molecule has 1 aliphatic rings. The molecular formula is C22H24N2O5. The second-order valence-electron chi connectivity index (χ2n) is 7.06. The summed E-state index contributed by atoms with van der Waals surface area (Å²) < 4.78 is 10.2. The van der Waals surface area contributed by atoms with E-state index in [0.717, 1.165) is 16.8 Å². The van der Waals surface area contributed by atoms with Crippen molar-refractivity contribution in [2.24, 2.45) is 5.92 Å². The molecule has 0 spiro atoms. The average molecular weight is 396 g/mol. The topological polar surface area (TPSA) is 84.9 Å². The minimum atomic E-state index is -0.585. The van der Waals surface area contributed by atoms with Gasteiger partial charge in [-0.2, -0.15) is 0 Å². The van der Waals surface area contributed by atoms with Gasteiger partial charge in [0, 0.05) is 24.3 Å². The van der Waals surface area contributed by atoms with Crippen LogP contribution in [-0.2, 0) is 19.1 Å². The highest BCUT2D eigenvalue weighted by atomic mass is 16.5. The SMILES string of the molecule is COc1ccc(NC(=O)COC(=O)[C@@H]2CC(=O)N(c3ccc(C)c(C)c3)C2)cc1. The highest BCUT2D eigenvalue weighted by molar-refractivity contribution is 6.00. The number of hydrogen-bond acceptors (Lipinski definition) is 5. The number of ether oxygens (including phenoxy) is 2. The molecule has 1 aliphatic heterocycles. The number of nitrogens with one attached hydrogen (secondary N) is 1. The summed E-state index contributed by atoms with van der Waals surface area (Å²) in [6.07, 6.45) is 0.0753. The van der Waals surface area contributed by atoms with E-state index in [4.69, 9.17) is 9.47 Å². The van der Waals surface area contributed by atoms with Gasteiger partial charge < -0.3 is 19.7 Å². The molecule has 1 fully saturated rings. The number of hydrogen-bond donors (Lipinski definition) is 1. The van der Waals surface area contributed by atoms with Crippen LogP contribution in [-0.4, -0.2) is 38.0 Å². The predicted molar refractivity (Wildman–Crippen MR) is 109 cm³/mol. The third-order valence-electron chi connectivity index (χ3n) is 4.98. The van der Waals surface area contributed by atoms with Crippen molar-refractivity contribution < 1.29 is 23.9 Å². The van der Waals surface area contributed by atoms with Gasteiger partial charge >= 0.3 is 5.97 Å². The molecule has 0 aliphatic carbocycles. The van der Waals surface area contributed by atoms with E-state index >= 15 is 0 Å². The molecule has 2 amide bonds. The third kappa shape index (κ3) is 4.93. The highest BCUT2D eigenvalue weighted by Crippen LogP contribution is 2.27. The predicted octanol–water partition coefficient (Wildman–Crippen LogP) is 2.85. The Balaban J connectivity index is 1.52. The number of aryl methyl sites for hydroxylation is 2. The van der Waals surface area contributed by atoms with Crippen LogP contribution in [0.5, 0.6) is 5.75 Å². The number of esters is 1. The van der Waals surface area contributed by atoms with Gasteiger partial charge in [-0.25, -0.2) is 0 Å². The Kier molecular flexibility index (Phi) is 6.16. The van der Waals surface area contributed by atoms with Crippen molar-refractivity contribution in [1.82, 2.24) is 0 Å². The molecule has 1 heterocycles. The zero-order valence-corrected chi connectivity index (χ0v) is 16.7. The maximum Gasteiger partial charge on any atom is 0.311 e. The minimum absolute atomic E-state index is 0.0753. The van der Waals surface area contributed by atoms with E-state index < -0.39 is 24.4 Å². The number of anilines is 2. The number of carbonyl (C=O) groups excluding carboxylic acids is 3. The average Bonchev–Trinajstić information content (AvgIpc) is 3.10. The van der Waals surface area contributed by atoms with Crippen molar-refractivity contribution in [2.75, 3.05) is 30.5 Å². The van der Waals surface area contributed by atoms with Gasteiger partial charge in [0.2, 0.25) is 5.91 Å². The molecule has 29 heavy (non-hydrogen) atoms. The third-order valence-corrected chi connectivity index (χ3v) is 4.98. The van der Waals surface area contributed by atoms with Gasteiger partial charge in [-0.15, -0.1) is 0 Å². The van der Waals surface area contributed by atoms with Crippen LogP contribution < -0.4 is 15.0 Å². The summed E-state index contributed by atoms with van der Waals surface area (Å²) in [7, 11) is 1.56. The maximum atomic E-state index is 12.3. The fourth-order valence-electron chi connectivity index (χ4n) is 3.13. The van der Waals surface area contributed by atoms with Gasteiger partial charge in [-0.1, -0.05) is 6.07 Å². The van der Waals surface area contributed by atoms with Crippen LogP contribution in [0.3, 0.4) is 0 Å². The largest absolute Gasteiger partial charge is 0.497 e. The number of amides is 2. The van der Waals surface area contributed by atoms with Crippen molar-refractivity contribution in [1.29, 1.82) is 0 Å². The number of rotatable bonds is 6. The Morgan fingerprint density at radius 2 is 1.83 bits per heavy atom. The fraction of sp³-hybridized carbons (Fsp3) is 0.318. The molecule has 0 aromatic heterocycles. The molecule has 0 unspecified atom stereocenters. The quantitative estimate of drug-likeness (QED) is 0.759. The number of nitrogens with zero attached hydrogens (tertiary/aromatic N) is 1. The summed E-state index contributed by atoms with van der Waals surface area (Å²) in [5.41, 5.74) is 3.56. The number of benzene rings is 2. The maximum absolute atomic E-state index is 12.3. The van der Waals surface area contributed by atoms with Crippen molar-refractivity contribution >= 4 is 29.2 Å². The second-order valence-corrected chi connectivity index (χ2v) is 7.06. The molecule has 7 heteroatoms. The lowest BCUT2D eigenvalue weighted by atomic mass is 10.1. The van der Waals surface area contributed by atoms with Gasteiger partial charge in [-0.05, 0) is 61.4 Å². The zero-order chi connectivity index (χ0) is 21.0. The normalized spacial score (nSPS) is 15.9. The number of carbonyl (C=O) groups is 3. The standard InChI is InChI=1S/C22H24N2O5/c1-14-4-7-18(10-15(14)2)24-12-16(11-21(24)26)22(27)29-13-20(25)23-17-5-8-19(28-3)9-6-17/h4-10,16H,11-13H2,1-3H3,(H,23,25)/t16-/m1/s1. The first kappa shape index (κ1) is 20.4. The van der Waals surface area contributed by atoms with E-state index in [-0.39, 0.29) is 18.9 Å². The first-order valence-electron chi connectivity index (χ1n) is 9.35. The summed E-state index contributed by atoms with van der Waals surface area (Å²) in [4.78, 5) is 38.3. The Bertz CT molecular complexity index is 923. The van der Waals surface area contributed by atoms with Gasteiger partial charge in [0.1, 0.15) is 5.75 Å². The van der Waals surface area contributed by atoms with Gasteiger partial charge in [0.15, 0.2) is 6.61 Å². The van der Waals surface area contributed by atoms with Gasteiger partial charge in [0.25, 0.3) is 5.91 Å². The van der Waals surface area contributed by atoms with E-state index in [0.29, 0.717) is 11.4 Å². The van der Waals surface area contributed by atoms with Crippen molar-refractivity contribution in [2.45, 2.75) is 20.3 Å². The molecule has 1 atom stereocenters. The van der Waals surface area contributed by atoms with Crippen molar-refractivity contribution in [3.05, 3.63) is 53.6 Å². The van der Waals surface area contributed by atoms with Crippen molar-refractivity contribution in [3.8, 4) is 5.75 Å². The molecule has 7 nitrogen and oxygen atoms in total. The summed E-state index contributed by atoms with van der Waals surface area (Å²) in [5.74, 6) is -1.03. The van der Waals surface area contributed by atoms with E-state index in [2.05, 4.69) is 5.32 Å². The lowest BCUT2D eigenvalue weighted by molar-refractivity contribution is -0.151. The molecule has 2 aromatic rings. The van der Waals surface area contributed by atoms with E-state index in [1.54, 1.807) is 36.3 Å². The van der Waals surface area contributed by atoms with Crippen LogP contribution >= 0.6 is 0 Å². The van der Waals surface area contributed by atoms with Crippen molar-refractivity contribution in [3.63, 3.8) is 0 Å². The molecule has 2 aromatic carbocycles. The lowest BCUT2D eigenvalue weighted by Gasteiger charge is -2.17. The van der Waals surface area contributed by atoms with E-state index in [9.17, 15) is 14.4 Å². The Morgan fingerprint density at radius 3 is 2.48 bits per heavy atom. The minimum Gasteiger partial charge on any atom is -0.497 e. The first-order chi connectivity index (χ1) is 13.9. The highest BCUT2D eigenvalue weighted by Gasteiger charge is 2.36. The monoisotopic (exact) mass is 396 g/mol. The summed E-state index contributed by atoms with van der Waals surface area (Å²) in [5, 5.41) is 2.65. The van der Waals surface area contributed by atoms with Crippen LogP contribution in [0.4, 0.5) is 11.4 Å². The number of methoxy groups -OCH3 is 1. The van der Waals surface area contributed by atoms with Crippen LogP contribution in [0.15, 0.2) is 42.5 Å². The Labute approximate surface area is 169 Å². The molecule has 0 saturated carbocycles. The fourth-order valence-corrected chi connectivity index (χ4v) is 3.13. The second kappa shape index (κ2) is 8.77. The smallest absolute Gasteiger partial charge is 0.311 e. The van der Waals surface area contributed by atoms with Gasteiger partial charge in [-0.3, -0.25) is 14.4 Å². The van der Waals surface area contributed by atoms with Gasteiger partial charge in [0.05, 0.1) is 13.0 Å². The summed E-state index contributed by atoms with van der Waals surface area (Å²) in [6.45, 7) is 3.83. The first-order valence-corrected chi connectivity index (χ1v) is 9.35. The molecule has 152 valence electrons. The molecular weight excluding hydrogens is 372 g/mol.